The van der Waals surface area contributed by atoms with Gasteiger partial charge in [-0.2, -0.15) is 0 Å². The molecule has 2 heterocycles. The summed E-state index contributed by atoms with van der Waals surface area (Å²) in [5.74, 6) is 0.954. The Labute approximate surface area is 163 Å². The minimum absolute atomic E-state index is 0.122. The van der Waals surface area contributed by atoms with Gasteiger partial charge in [-0.3, -0.25) is 14.3 Å². The molecule has 0 spiro atoms. The number of hydrogen-bond acceptors (Lipinski definition) is 5. The van der Waals surface area contributed by atoms with E-state index in [0.717, 1.165) is 40.5 Å². The molecule has 3 aromatic rings. The first kappa shape index (κ1) is 17.9. The molecule has 0 saturated heterocycles. The van der Waals surface area contributed by atoms with Crippen LogP contribution in [0.5, 0.6) is 0 Å². The van der Waals surface area contributed by atoms with Crippen LogP contribution in [0.25, 0.3) is 11.4 Å². The molecule has 0 unspecified atom stereocenters. The van der Waals surface area contributed by atoms with Gasteiger partial charge in [0.2, 0.25) is 0 Å². The van der Waals surface area contributed by atoms with E-state index in [9.17, 15) is 4.79 Å². The Balaban J connectivity index is 1.60. The summed E-state index contributed by atoms with van der Waals surface area (Å²) in [5.41, 5.74) is 4.04. The zero-order chi connectivity index (χ0) is 19.0. The zero-order valence-electron chi connectivity index (χ0n) is 15.7. The first-order valence-corrected chi connectivity index (χ1v) is 10.1. The van der Waals surface area contributed by atoms with Crippen molar-refractivity contribution in [1.29, 1.82) is 0 Å². The standard InChI is InChI=1S/C21H22N4OS/c1-13-6-7-16(11-14(13)2)19(26)15(3)27-21-24-23-20(25(21)18-8-9-18)17-5-4-10-22-12-17/h4-7,10-12,15,18H,8-9H2,1-3H3/t15-/m0/s1. The summed E-state index contributed by atoms with van der Waals surface area (Å²) in [6, 6.07) is 10.2. The van der Waals surface area contributed by atoms with Crippen molar-refractivity contribution >= 4 is 17.5 Å². The fraction of sp³-hybridized carbons (Fsp3) is 0.333. The van der Waals surface area contributed by atoms with Gasteiger partial charge in [-0.15, -0.1) is 10.2 Å². The van der Waals surface area contributed by atoms with E-state index >= 15 is 0 Å². The molecule has 5 nitrogen and oxygen atoms in total. The number of hydrogen-bond donors (Lipinski definition) is 0. The number of aryl methyl sites for hydroxylation is 2. The average molecular weight is 379 g/mol. The van der Waals surface area contributed by atoms with Crippen LogP contribution in [0.4, 0.5) is 0 Å². The van der Waals surface area contributed by atoms with Crippen molar-refractivity contribution in [2.45, 2.75) is 50.1 Å². The molecule has 0 amide bonds. The minimum atomic E-state index is -0.226. The van der Waals surface area contributed by atoms with Crippen LogP contribution in [0.15, 0.2) is 47.9 Å². The summed E-state index contributed by atoms with van der Waals surface area (Å²) in [5, 5.41) is 9.38. The van der Waals surface area contributed by atoms with Crippen LogP contribution in [0.3, 0.4) is 0 Å². The second-order valence-corrected chi connectivity index (χ2v) is 8.38. The van der Waals surface area contributed by atoms with Gasteiger partial charge >= 0.3 is 0 Å². The highest BCUT2D eigenvalue weighted by atomic mass is 32.2. The lowest BCUT2D eigenvalue weighted by Gasteiger charge is -2.13. The number of nitrogens with zero attached hydrogens (tertiary/aromatic N) is 4. The molecule has 0 N–H and O–H groups in total. The second kappa shape index (κ2) is 7.27. The van der Waals surface area contributed by atoms with E-state index in [1.54, 1.807) is 12.4 Å². The molecule has 1 aromatic carbocycles. The van der Waals surface area contributed by atoms with Gasteiger partial charge in [0.15, 0.2) is 16.8 Å². The van der Waals surface area contributed by atoms with Crippen LogP contribution < -0.4 is 0 Å². The lowest BCUT2D eigenvalue weighted by molar-refractivity contribution is 0.0993. The maximum atomic E-state index is 12.9. The average Bonchev–Trinajstić information content (AvgIpc) is 3.44. The molecule has 27 heavy (non-hydrogen) atoms. The maximum Gasteiger partial charge on any atom is 0.192 e. The molecule has 4 rings (SSSR count). The van der Waals surface area contributed by atoms with E-state index in [1.807, 2.05) is 44.2 Å². The third kappa shape index (κ3) is 3.67. The van der Waals surface area contributed by atoms with Crippen molar-refractivity contribution in [2.24, 2.45) is 0 Å². The second-order valence-electron chi connectivity index (χ2n) is 7.07. The Hall–Kier alpha value is -2.47. The number of rotatable bonds is 6. The quantitative estimate of drug-likeness (QED) is 0.461. The molecule has 1 fully saturated rings. The van der Waals surface area contributed by atoms with Crippen molar-refractivity contribution in [1.82, 2.24) is 19.7 Å². The highest BCUT2D eigenvalue weighted by Gasteiger charge is 2.31. The number of aromatic nitrogens is 4. The lowest BCUT2D eigenvalue weighted by Crippen LogP contribution is -2.15. The smallest absolute Gasteiger partial charge is 0.192 e. The van der Waals surface area contributed by atoms with Gasteiger partial charge in [0.05, 0.1) is 5.25 Å². The number of benzene rings is 1. The summed E-state index contributed by atoms with van der Waals surface area (Å²) in [4.78, 5) is 17.1. The van der Waals surface area contributed by atoms with Crippen molar-refractivity contribution in [2.75, 3.05) is 0 Å². The van der Waals surface area contributed by atoms with Crippen LogP contribution in [-0.4, -0.2) is 30.8 Å². The van der Waals surface area contributed by atoms with E-state index in [1.165, 1.54) is 17.3 Å². The van der Waals surface area contributed by atoms with E-state index in [0.29, 0.717) is 6.04 Å². The summed E-state index contributed by atoms with van der Waals surface area (Å²) in [6.07, 6.45) is 5.80. The number of Topliss-reactive ketones (excluding diaryl/α,β-unsaturated/α-hetero) is 1. The monoisotopic (exact) mass is 378 g/mol. The Morgan fingerprint density at radius 1 is 1.19 bits per heavy atom. The van der Waals surface area contributed by atoms with Crippen molar-refractivity contribution in [3.63, 3.8) is 0 Å². The van der Waals surface area contributed by atoms with Crippen LogP contribution >= 0.6 is 11.8 Å². The summed E-state index contributed by atoms with van der Waals surface area (Å²) >= 11 is 1.49. The molecule has 1 atom stereocenters. The van der Waals surface area contributed by atoms with Crippen molar-refractivity contribution < 1.29 is 4.79 Å². The van der Waals surface area contributed by atoms with E-state index < -0.39 is 0 Å². The summed E-state index contributed by atoms with van der Waals surface area (Å²) < 4.78 is 2.17. The van der Waals surface area contributed by atoms with Crippen LogP contribution in [0.2, 0.25) is 0 Å². The van der Waals surface area contributed by atoms with Gasteiger partial charge in [0.1, 0.15) is 0 Å². The molecule has 2 aromatic heterocycles. The normalized spacial score (nSPS) is 14.9. The molecule has 0 radical (unpaired) electrons. The molecule has 0 aliphatic heterocycles. The number of pyridine rings is 1. The van der Waals surface area contributed by atoms with E-state index in [-0.39, 0.29) is 11.0 Å². The van der Waals surface area contributed by atoms with E-state index in [4.69, 9.17) is 0 Å². The number of thioether (sulfide) groups is 1. The number of ketones is 1. The van der Waals surface area contributed by atoms with E-state index in [2.05, 4.69) is 26.7 Å². The van der Waals surface area contributed by atoms with Gasteiger partial charge in [-0.05, 0) is 62.9 Å². The molecule has 1 saturated carbocycles. The fourth-order valence-electron chi connectivity index (χ4n) is 3.05. The van der Waals surface area contributed by atoms with Crippen LogP contribution in [0.1, 0.15) is 47.3 Å². The number of carbonyl (C=O) groups excluding carboxylic acids is 1. The fourth-order valence-corrected chi connectivity index (χ4v) is 4.05. The summed E-state index contributed by atoms with van der Waals surface area (Å²) in [6.45, 7) is 6.03. The molecule has 6 heteroatoms. The maximum absolute atomic E-state index is 12.9. The van der Waals surface area contributed by atoms with Crippen LogP contribution in [-0.2, 0) is 0 Å². The Bertz CT molecular complexity index is 979. The third-order valence-corrected chi connectivity index (χ3v) is 6.00. The molecule has 0 bridgehead atoms. The molecular formula is C21H22N4OS. The van der Waals surface area contributed by atoms with Gasteiger partial charge in [0, 0.05) is 29.6 Å². The highest BCUT2D eigenvalue weighted by molar-refractivity contribution is 8.00. The van der Waals surface area contributed by atoms with Crippen molar-refractivity contribution in [3.8, 4) is 11.4 Å². The topological polar surface area (TPSA) is 60.7 Å². The predicted octanol–water partition coefficient (Wildman–Crippen LogP) is 4.66. The predicted molar refractivity (Wildman–Crippen MR) is 107 cm³/mol. The molecule has 1 aliphatic rings. The lowest BCUT2D eigenvalue weighted by atomic mass is 10.0. The molecule has 1 aliphatic carbocycles. The number of carbonyl (C=O) groups is 1. The summed E-state index contributed by atoms with van der Waals surface area (Å²) in [7, 11) is 0. The van der Waals surface area contributed by atoms with Gasteiger partial charge < -0.3 is 0 Å². The molecular weight excluding hydrogens is 356 g/mol. The third-order valence-electron chi connectivity index (χ3n) is 4.94. The highest BCUT2D eigenvalue weighted by Crippen LogP contribution is 2.41. The molecule has 138 valence electrons. The Morgan fingerprint density at radius 3 is 2.67 bits per heavy atom. The largest absolute Gasteiger partial charge is 0.299 e. The Kier molecular flexibility index (Phi) is 4.83. The first-order valence-electron chi connectivity index (χ1n) is 9.18. The van der Waals surface area contributed by atoms with Gasteiger partial charge in [0.25, 0.3) is 0 Å². The SMILES string of the molecule is Cc1ccc(C(=O)[C@H](C)Sc2nnc(-c3cccnc3)n2C2CC2)cc1C. The minimum Gasteiger partial charge on any atom is -0.299 e. The van der Waals surface area contributed by atoms with Gasteiger partial charge in [-0.25, -0.2) is 0 Å². The first-order chi connectivity index (χ1) is 13.0. The van der Waals surface area contributed by atoms with Crippen molar-refractivity contribution in [3.05, 3.63) is 59.4 Å². The van der Waals surface area contributed by atoms with Gasteiger partial charge in [-0.1, -0.05) is 23.9 Å². The van der Waals surface area contributed by atoms with Crippen LogP contribution in [0, 0.1) is 13.8 Å². The Morgan fingerprint density at radius 2 is 2.00 bits per heavy atom. The zero-order valence-corrected chi connectivity index (χ0v) is 16.5.